The van der Waals surface area contributed by atoms with Crippen LogP contribution in [0.5, 0.6) is 5.75 Å². The molecule has 0 aliphatic rings. The van der Waals surface area contributed by atoms with Gasteiger partial charge in [0.15, 0.2) is 5.43 Å². The van der Waals surface area contributed by atoms with E-state index >= 15 is 0 Å². The van der Waals surface area contributed by atoms with Crippen LogP contribution >= 0.6 is 0 Å². The van der Waals surface area contributed by atoms with Crippen molar-refractivity contribution in [1.82, 2.24) is 4.98 Å². The molecule has 90 valence electrons. The van der Waals surface area contributed by atoms with Gasteiger partial charge in [0.25, 0.3) is 0 Å². The van der Waals surface area contributed by atoms with E-state index in [0.717, 1.165) is 28.9 Å². The second-order valence-corrected chi connectivity index (χ2v) is 4.05. The first-order valence-electron chi connectivity index (χ1n) is 5.95. The average Bonchev–Trinajstić information content (AvgIpc) is 2.31. The molecule has 0 aliphatic carbocycles. The molecular formula is C14H17NO2. The number of rotatable bonds is 3. The number of hydrogen-bond acceptors (Lipinski definition) is 2. The van der Waals surface area contributed by atoms with Gasteiger partial charge in [0.2, 0.25) is 0 Å². The van der Waals surface area contributed by atoms with E-state index in [2.05, 4.69) is 4.98 Å². The van der Waals surface area contributed by atoms with E-state index in [-0.39, 0.29) is 5.43 Å². The summed E-state index contributed by atoms with van der Waals surface area (Å²) in [5.74, 6) is 0.747. The largest absolute Gasteiger partial charge is 0.494 e. The first-order valence-corrected chi connectivity index (χ1v) is 5.95. The van der Waals surface area contributed by atoms with Crippen molar-refractivity contribution in [3.05, 3.63) is 39.7 Å². The van der Waals surface area contributed by atoms with Gasteiger partial charge in [-0.25, -0.2) is 0 Å². The number of benzene rings is 1. The fourth-order valence-electron chi connectivity index (χ4n) is 2.11. The minimum atomic E-state index is 0.111. The minimum Gasteiger partial charge on any atom is -0.494 e. The van der Waals surface area contributed by atoms with Gasteiger partial charge in [-0.1, -0.05) is 6.92 Å². The molecule has 3 nitrogen and oxygen atoms in total. The first-order chi connectivity index (χ1) is 8.17. The first kappa shape index (κ1) is 11.7. The number of fused-ring (bicyclic) bond motifs is 1. The second-order valence-electron chi connectivity index (χ2n) is 4.05. The third kappa shape index (κ3) is 2.05. The average molecular weight is 231 g/mol. The number of ether oxygens (including phenoxy) is 1. The molecule has 0 bridgehead atoms. The van der Waals surface area contributed by atoms with E-state index in [1.165, 1.54) is 0 Å². The van der Waals surface area contributed by atoms with Crippen molar-refractivity contribution >= 4 is 10.9 Å². The maximum absolute atomic E-state index is 12.3. The molecule has 2 aromatic rings. The van der Waals surface area contributed by atoms with E-state index < -0.39 is 0 Å². The summed E-state index contributed by atoms with van der Waals surface area (Å²) >= 11 is 0. The molecule has 0 saturated carbocycles. The molecular weight excluding hydrogens is 214 g/mol. The number of aryl methyl sites for hydroxylation is 1. The Morgan fingerprint density at radius 1 is 1.29 bits per heavy atom. The third-order valence-corrected chi connectivity index (χ3v) is 2.95. The molecule has 2 rings (SSSR count). The predicted molar refractivity (Wildman–Crippen MR) is 69.9 cm³/mol. The summed E-state index contributed by atoms with van der Waals surface area (Å²) in [4.78, 5) is 15.5. The fourth-order valence-corrected chi connectivity index (χ4v) is 2.11. The monoisotopic (exact) mass is 231 g/mol. The highest BCUT2D eigenvalue weighted by Gasteiger charge is 2.08. The maximum Gasteiger partial charge on any atom is 0.192 e. The Morgan fingerprint density at radius 2 is 2.06 bits per heavy atom. The zero-order valence-electron chi connectivity index (χ0n) is 10.5. The van der Waals surface area contributed by atoms with Gasteiger partial charge in [-0.05, 0) is 38.5 Å². The van der Waals surface area contributed by atoms with Gasteiger partial charge >= 0.3 is 0 Å². The Kier molecular flexibility index (Phi) is 3.18. The van der Waals surface area contributed by atoms with E-state index in [1.54, 1.807) is 0 Å². The number of pyridine rings is 1. The molecule has 0 fully saturated rings. The number of aromatic amines is 1. The number of nitrogens with one attached hydrogen (secondary N) is 1. The van der Waals surface area contributed by atoms with E-state index in [9.17, 15) is 4.79 Å². The standard InChI is InChI=1S/C14H17NO2/c1-4-11-9(3)15-13-7-6-10(17-5-2)8-12(13)14(11)16/h6-8H,4-5H2,1-3H3,(H,15,16). The van der Waals surface area contributed by atoms with Gasteiger partial charge in [0.05, 0.1) is 6.61 Å². The van der Waals surface area contributed by atoms with Crippen molar-refractivity contribution in [2.45, 2.75) is 27.2 Å². The lowest BCUT2D eigenvalue weighted by Gasteiger charge is -2.08. The Morgan fingerprint density at radius 3 is 2.71 bits per heavy atom. The summed E-state index contributed by atoms with van der Waals surface area (Å²) in [7, 11) is 0. The molecule has 0 unspecified atom stereocenters. The van der Waals surface area contributed by atoms with Crippen LogP contribution in [0.15, 0.2) is 23.0 Å². The van der Waals surface area contributed by atoms with E-state index in [4.69, 9.17) is 4.74 Å². The zero-order chi connectivity index (χ0) is 12.4. The minimum absolute atomic E-state index is 0.111. The summed E-state index contributed by atoms with van der Waals surface area (Å²) < 4.78 is 5.42. The molecule has 0 radical (unpaired) electrons. The molecule has 0 aliphatic heterocycles. The molecule has 3 heteroatoms. The molecule has 0 atom stereocenters. The van der Waals surface area contributed by atoms with Gasteiger partial charge in [0.1, 0.15) is 5.75 Å². The van der Waals surface area contributed by atoms with E-state index in [0.29, 0.717) is 12.0 Å². The predicted octanol–water partition coefficient (Wildman–Crippen LogP) is 2.80. The summed E-state index contributed by atoms with van der Waals surface area (Å²) in [6, 6.07) is 5.59. The van der Waals surface area contributed by atoms with Gasteiger partial charge in [-0.15, -0.1) is 0 Å². The zero-order valence-corrected chi connectivity index (χ0v) is 10.5. The number of hydrogen-bond donors (Lipinski definition) is 1. The number of H-pyrrole nitrogens is 1. The highest BCUT2D eigenvalue weighted by molar-refractivity contribution is 5.81. The Hall–Kier alpha value is -1.77. The number of aromatic nitrogens is 1. The van der Waals surface area contributed by atoms with Gasteiger partial charge in [0, 0.05) is 22.2 Å². The summed E-state index contributed by atoms with van der Waals surface area (Å²) in [6.45, 7) is 6.48. The molecule has 0 saturated heterocycles. The summed E-state index contributed by atoms with van der Waals surface area (Å²) in [5.41, 5.74) is 2.79. The Labute approximate surface area is 100 Å². The van der Waals surface area contributed by atoms with Crippen LogP contribution in [0.25, 0.3) is 10.9 Å². The molecule has 1 aromatic heterocycles. The lowest BCUT2D eigenvalue weighted by Crippen LogP contribution is -2.12. The van der Waals surface area contributed by atoms with Crippen molar-refractivity contribution in [3.8, 4) is 5.75 Å². The van der Waals surface area contributed by atoms with Crippen molar-refractivity contribution in [1.29, 1.82) is 0 Å². The molecule has 1 N–H and O–H groups in total. The van der Waals surface area contributed by atoms with Gasteiger partial charge in [-0.3, -0.25) is 4.79 Å². The Balaban J connectivity index is 2.71. The summed E-state index contributed by atoms with van der Waals surface area (Å²) in [5, 5.41) is 0.707. The maximum atomic E-state index is 12.3. The molecule has 1 heterocycles. The van der Waals surface area contributed by atoms with Crippen LogP contribution in [0.2, 0.25) is 0 Å². The topological polar surface area (TPSA) is 42.1 Å². The highest BCUT2D eigenvalue weighted by atomic mass is 16.5. The van der Waals surface area contributed by atoms with Crippen LogP contribution in [0.4, 0.5) is 0 Å². The van der Waals surface area contributed by atoms with Crippen molar-refractivity contribution < 1.29 is 4.74 Å². The normalized spacial score (nSPS) is 10.8. The van der Waals surface area contributed by atoms with Crippen molar-refractivity contribution in [3.63, 3.8) is 0 Å². The van der Waals surface area contributed by atoms with Crippen LogP contribution in [0, 0.1) is 6.92 Å². The van der Waals surface area contributed by atoms with Crippen LogP contribution in [0.1, 0.15) is 25.1 Å². The third-order valence-electron chi connectivity index (χ3n) is 2.95. The smallest absolute Gasteiger partial charge is 0.192 e. The van der Waals surface area contributed by atoms with Crippen LogP contribution < -0.4 is 10.2 Å². The molecule has 0 spiro atoms. The van der Waals surface area contributed by atoms with Crippen LogP contribution in [0.3, 0.4) is 0 Å². The Bertz CT molecular complexity index is 599. The SMILES string of the molecule is CCOc1ccc2[nH]c(C)c(CC)c(=O)c2c1. The van der Waals surface area contributed by atoms with E-state index in [1.807, 2.05) is 39.0 Å². The van der Waals surface area contributed by atoms with Gasteiger partial charge < -0.3 is 9.72 Å². The second kappa shape index (κ2) is 4.62. The highest BCUT2D eigenvalue weighted by Crippen LogP contribution is 2.18. The van der Waals surface area contributed by atoms with Crippen LogP contribution in [-0.2, 0) is 6.42 Å². The lowest BCUT2D eigenvalue weighted by atomic mass is 10.1. The fraction of sp³-hybridized carbons (Fsp3) is 0.357. The molecule has 17 heavy (non-hydrogen) atoms. The van der Waals surface area contributed by atoms with Crippen molar-refractivity contribution in [2.75, 3.05) is 6.61 Å². The lowest BCUT2D eigenvalue weighted by molar-refractivity contribution is 0.340. The van der Waals surface area contributed by atoms with Crippen molar-refractivity contribution in [2.24, 2.45) is 0 Å². The molecule has 1 aromatic carbocycles. The molecule has 0 amide bonds. The van der Waals surface area contributed by atoms with Crippen LogP contribution in [-0.4, -0.2) is 11.6 Å². The van der Waals surface area contributed by atoms with Gasteiger partial charge in [-0.2, -0.15) is 0 Å². The summed E-state index contributed by atoms with van der Waals surface area (Å²) in [6.07, 6.45) is 0.746. The quantitative estimate of drug-likeness (QED) is 0.882.